The highest BCUT2D eigenvalue weighted by Crippen LogP contribution is 2.15. The molecule has 5 heteroatoms. The summed E-state index contributed by atoms with van der Waals surface area (Å²) in [6.07, 6.45) is 1.45. The third kappa shape index (κ3) is 2.82. The van der Waals surface area contributed by atoms with E-state index in [0.29, 0.717) is 0 Å². The number of aryl methyl sites for hydroxylation is 1. The molecule has 0 radical (unpaired) electrons. The van der Waals surface area contributed by atoms with E-state index in [1.807, 2.05) is 26.0 Å². The highest BCUT2D eigenvalue weighted by atomic mass is 32.1. The summed E-state index contributed by atoms with van der Waals surface area (Å²) in [6.45, 7) is 3.89. The van der Waals surface area contributed by atoms with Gasteiger partial charge in [0.1, 0.15) is 0 Å². The molecule has 0 spiro atoms. The first-order valence-electron chi connectivity index (χ1n) is 5.12. The largest absolute Gasteiger partial charge is 0.459 e. The van der Waals surface area contributed by atoms with Gasteiger partial charge in [-0.1, -0.05) is 0 Å². The van der Waals surface area contributed by atoms with Gasteiger partial charge in [0.2, 0.25) is 0 Å². The fourth-order valence-electron chi connectivity index (χ4n) is 1.28. The van der Waals surface area contributed by atoms with E-state index in [1.54, 1.807) is 23.5 Å². The Balaban J connectivity index is 2.04. The fourth-order valence-corrected chi connectivity index (χ4v) is 2.09. The summed E-state index contributed by atoms with van der Waals surface area (Å²) >= 11 is 1.64. The van der Waals surface area contributed by atoms with Crippen LogP contribution in [0.2, 0.25) is 0 Å². The van der Waals surface area contributed by atoms with E-state index in [4.69, 9.17) is 4.42 Å². The lowest BCUT2D eigenvalue weighted by atomic mass is 10.3. The third-order valence-corrected chi connectivity index (χ3v) is 3.28. The molecule has 88 valence electrons. The van der Waals surface area contributed by atoms with Gasteiger partial charge < -0.3 is 4.42 Å². The first-order chi connectivity index (χ1) is 8.16. The van der Waals surface area contributed by atoms with Crippen LogP contribution in [0, 0.1) is 6.92 Å². The first kappa shape index (κ1) is 11.6. The number of hydrogen-bond donors (Lipinski definition) is 1. The number of hydrogen-bond acceptors (Lipinski definition) is 4. The molecule has 0 saturated heterocycles. The molecule has 0 aliphatic carbocycles. The second kappa shape index (κ2) is 4.97. The van der Waals surface area contributed by atoms with Crippen molar-refractivity contribution in [2.24, 2.45) is 5.10 Å². The second-order valence-corrected chi connectivity index (χ2v) is 4.81. The van der Waals surface area contributed by atoms with Crippen molar-refractivity contribution in [3.63, 3.8) is 0 Å². The van der Waals surface area contributed by atoms with Crippen molar-refractivity contribution in [3.8, 4) is 0 Å². The van der Waals surface area contributed by atoms with Gasteiger partial charge in [0.25, 0.3) is 0 Å². The molecule has 2 aromatic rings. The zero-order valence-corrected chi connectivity index (χ0v) is 10.4. The summed E-state index contributed by atoms with van der Waals surface area (Å²) in [5.41, 5.74) is 3.24. The Hall–Kier alpha value is -1.88. The molecule has 1 N–H and O–H groups in total. The summed E-state index contributed by atoms with van der Waals surface area (Å²) in [5, 5.41) is 4.03. The van der Waals surface area contributed by atoms with Gasteiger partial charge in [-0.25, -0.2) is 5.43 Å². The van der Waals surface area contributed by atoms with Gasteiger partial charge >= 0.3 is 5.91 Å². The average molecular weight is 248 g/mol. The molecule has 17 heavy (non-hydrogen) atoms. The standard InChI is InChI=1S/C12H12N2O2S/c1-8-5-6-11(17-8)9(2)13-14-12(15)10-4-3-7-16-10/h3-7H,1-2H3,(H,14,15)/b13-9+. The Morgan fingerprint density at radius 3 is 2.82 bits per heavy atom. The van der Waals surface area contributed by atoms with E-state index >= 15 is 0 Å². The van der Waals surface area contributed by atoms with Crippen molar-refractivity contribution in [3.05, 3.63) is 46.0 Å². The van der Waals surface area contributed by atoms with Crippen LogP contribution in [0.15, 0.2) is 40.0 Å². The summed E-state index contributed by atoms with van der Waals surface area (Å²) in [7, 11) is 0. The molecular weight excluding hydrogens is 236 g/mol. The molecule has 2 aromatic heterocycles. The predicted octanol–water partition coefficient (Wildman–Crippen LogP) is 2.80. The molecule has 0 aliphatic heterocycles. The molecule has 1 amide bonds. The van der Waals surface area contributed by atoms with Crippen molar-refractivity contribution < 1.29 is 9.21 Å². The van der Waals surface area contributed by atoms with Crippen molar-refractivity contribution in [1.82, 2.24) is 5.43 Å². The van der Waals surface area contributed by atoms with Gasteiger partial charge in [0.15, 0.2) is 5.76 Å². The summed E-state index contributed by atoms with van der Waals surface area (Å²) in [6, 6.07) is 7.26. The van der Waals surface area contributed by atoms with Gasteiger partial charge in [0.05, 0.1) is 16.9 Å². The topological polar surface area (TPSA) is 54.6 Å². The van der Waals surface area contributed by atoms with E-state index in [0.717, 1.165) is 10.6 Å². The third-order valence-electron chi connectivity index (χ3n) is 2.17. The average Bonchev–Trinajstić information content (AvgIpc) is 2.95. The van der Waals surface area contributed by atoms with Crippen LogP contribution >= 0.6 is 11.3 Å². The minimum absolute atomic E-state index is 0.254. The van der Waals surface area contributed by atoms with Crippen LogP contribution in [0.3, 0.4) is 0 Å². The molecule has 4 nitrogen and oxygen atoms in total. The number of rotatable bonds is 3. The second-order valence-electron chi connectivity index (χ2n) is 3.53. The zero-order chi connectivity index (χ0) is 12.3. The molecule has 0 bridgehead atoms. The Labute approximate surface area is 103 Å². The number of nitrogens with zero attached hydrogens (tertiary/aromatic N) is 1. The number of carbonyl (C=O) groups is 1. The highest BCUT2D eigenvalue weighted by Gasteiger charge is 2.07. The van der Waals surface area contributed by atoms with Crippen molar-refractivity contribution in [2.45, 2.75) is 13.8 Å². The van der Waals surface area contributed by atoms with Crippen LogP contribution in [0.25, 0.3) is 0 Å². The number of furan rings is 1. The Bertz CT molecular complexity index is 541. The van der Waals surface area contributed by atoms with Crippen LogP contribution in [0.4, 0.5) is 0 Å². The first-order valence-corrected chi connectivity index (χ1v) is 5.93. The van der Waals surface area contributed by atoms with Gasteiger partial charge in [-0.05, 0) is 38.1 Å². The lowest BCUT2D eigenvalue weighted by molar-refractivity contribution is 0.0927. The highest BCUT2D eigenvalue weighted by molar-refractivity contribution is 7.14. The number of nitrogens with one attached hydrogen (secondary N) is 1. The number of thiophene rings is 1. The van der Waals surface area contributed by atoms with E-state index in [9.17, 15) is 4.79 Å². The SMILES string of the molecule is C/C(=N\NC(=O)c1ccco1)c1ccc(C)s1. The Kier molecular flexibility index (Phi) is 3.39. The van der Waals surface area contributed by atoms with E-state index in [2.05, 4.69) is 10.5 Å². The Morgan fingerprint density at radius 1 is 1.41 bits per heavy atom. The quantitative estimate of drug-likeness (QED) is 0.670. The van der Waals surface area contributed by atoms with E-state index in [1.165, 1.54) is 11.1 Å². The maximum Gasteiger partial charge on any atom is 0.307 e. The minimum Gasteiger partial charge on any atom is -0.459 e. The molecule has 0 saturated carbocycles. The van der Waals surface area contributed by atoms with Crippen LogP contribution in [0.5, 0.6) is 0 Å². The zero-order valence-electron chi connectivity index (χ0n) is 9.56. The minimum atomic E-state index is -0.345. The van der Waals surface area contributed by atoms with Crippen LogP contribution in [-0.2, 0) is 0 Å². The van der Waals surface area contributed by atoms with Crippen molar-refractivity contribution in [2.75, 3.05) is 0 Å². The molecule has 2 heterocycles. The number of hydrazone groups is 1. The van der Waals surface area contributed by atoms with E-state index < -0.39 is 0 Å². The lowest BCUT2D eigenvalue weighted by Gasteiger charge is -1.98. The summed E-state index contributed by atoms with van der Waals surface area (Å²) in [4.78, 5) is 13.8. The van der Waals surface area contributed by atoms with Gasteiger partial charge in [-0.2, -0.15) is 5.10 Å². The number of carbonyl (C=O) groups excluding carboxylic acids is 1. The van der Waals surface area contributed by atoms with Crippen LogP contribution < -0.4 is 5.43 Å². The smallest absolute Gasteiger partial charge is 0.307 e. The van der Waals surface area contributed by atoms with Crippen LogP contribution in [-0.4, -0.2) is 11.6 Å². The Morgan fingerprint density at radius 2 is 2.24 bits per heavy atom. The normalized spacial score (nSPS) is 11.5. The van der Waals surface area contributed by atoms with Gasteiger partial charge in [-0.15, -0.1) is 11.3 Å². The molecular formula is C12H12N2O2S. The number of amides is 1. The lowest BCUT2D eigenvalue weighted by Crippen LogP contribution is -2.18. The molecule has 0 aliphatic rings. The summed E-state index contributed by atoms with van der Waals surface area (Å²) < 4.78 is 4.96. The predicted molar refractivity (Wildman–Crippen MR) is 67.4 cm³/mol. The molecule has 0 unspecified atom stereocenters. The maximum atomic E-state index is 11.5. The molecule has 0 fully saturated rings. The summed E-state index contributed by atoms with van der Waals surface area (Å²) in [5.74, 6) is -0.0912. The van der Waals surface area contributed by atoms with Crippen molar-refractivity contribution >= 4 is 23.0 Å². The monoisotopic (exact) mass is 248 g/mol. The van der Waals surface area contributed by atoms with E-state index in [-0.39, 0.29) is 11.7 Å². The molecule has 0 atom stereocenters. The molecule has 0 aromatic carbocycles. The van der Waals surface area contributed by atoms with Gasteiger partial charge in [-0.3, -0.25) is 4.79 Å². The van der Waals surface area contributed by atoms with Crippen molar-refractivity contribution in [1.29, 1.82) is 0 Å². The fraction of sp³-hybridized carbons (Fsp3) is 0.167. The molecule has 2 rings (SSSR count). The maximum absolute atomic E-state index is 11.5. The van der Waals surface area contributed by atoms with Gasteiger partial charge in [0, 0.05) is 4.88 Å². The van der Waals surface area contributed by atoms with Crippen LogP contribution in [0.1, 0.15) is 27.2 Å².